The quantitative estimate of drug-likeness (QED) is 0.274. The average molecular weight is 333 g/mol. The minimum Gasteiger partial charge on any atom is -0.0984 e. The van der Waals surface area contributed by atoms with Crippen molar-refractivity contribution in [2.45, 2.75) is 0 Å². The van der Waals surface area contributed by atoms with Crippen molar-refractivity contribution >= 4 is 54.3 Å². The van der Waals surface area contributed by atoms with Crippen LogP contribution in [0.1, 0.15) is 5.56 Å². The lowest BCUT2D eigenvalue weighted by molar-refractivity contribution is 1.71. The number of hydrogen-bond donors (Lipinski definition) is 0. The van der Waals surface area contributed by atoms with E-state index in [1.165, 1.54) is 37.9 Å². The summed E-state index contributed by atoms with van der Waals surface area (Å²) in [7, 11) is 0. The van der Waals surface area contributed by atoms with Gasteiger partial charge in [-0.25, -0.2) is 0 Å². The van der Waals surface area contributed by atoms with Crippen LogP contribution in [-0.2, 0) is 0 Å². The summed E-state index contributed by atoms with van der Waals surface area (Å²) in [6.07, 6.45) is 1.93. The van der Waals surface area contributed by atoms with E-state index in [9.17, 15) is 0 Å². The molecule has 0 N–H and O–H groups in total. The minimum atomic E-state index is 1.12. The molecule has 0 unspecified atom stereocenters. The third-order valence-electron chi connectivity index (χ3n) is 4.06. The molecule has 0 heterocycles. The molecule has 0 aliphatic heterocycles. The molecule has 1 heteroatoms. The molecule has 0 spiro atoms. The summed E-state index contributed by atoms with van der Waals surface area (Å²) in [6, 6.07) is 21.6. The Balaban J connectivity index is 2.29. The molecule has 100 valence electrons. The van der Waals surface area contributed by atoms with Crippen LogP contribution in [0.5, 0.6) is 0 Å². The van der Waals surface area contributed by atoms with Gasteiger partial charge >= 0.3 is 0 Å². The third kappa shape index (κ3) is 1.89. The van der Waals surface area contributed by atoms with Crippen LogP contribution >= 0.6 is 15.9 Å². The highest BCUT2D eigenvalue weighted by Gasteiger charge is 2.08. The van der Waals surface area contributed by atoms with E-state index in [1.807, 2.05) is 6.08 Å². The third-order valence-corrected chi connectivity index (χ3v) is 4.75. The van der Waals surface area contributed by atoms with Crippen LogP contribution in [0, 0.1) is 0 Å². The summed E-state index contributed by atoms with van der Waals surface area (Å²) in [5.74, 6) is 0. The highest BCUT2D eigenvalue weighted by atomic mass is 79.9. The van der Waals surface area contributed by atoms with Crippen LogP contribution in [0.3, 0.4) is 0 Å². The van der Waals surface area contributed by atoms with Gasteiger partial charge < -0.3 is 0 Å². The summed E-state index contributed by atoms with van der Waals surface area (Å²) < 4.78 is 1.12. The Morgan fingerprint density at radius 2 is 1.52 bits per heavy atom. The van der Waals surface area contributed by atoms with E-state index in [4.69, 9.17) is 0 Å². The first-order valence-corrected chi connectivity index (χ1v) is 7.73. The Hall–Kier alpha value is -2.12. The van der Waals surface area contributed by atoms with Crippen LogP contribution in [0.25, 0.3) is 38.4 Å². The zero-order chi connectivity index (χ0) is 14.4. The van der Waals surface area contributed by atoms with Gasteiger partial charge in [0.1, 0.15) is 0 Å². The van der Waals surface area contributed by atoms with Crippen molar-refractivity contribution in [3.05, 3.63) is 77.3 Å². The summed E-state index contributed by atoms with van der Waals surface area (Å²) in [5.41, 5.74) is 1.18. The molecule has 21 heavy (non-hydrogen) atoms. The molecule has 0 amide bonds. The van der Waals surface area contributed by atoms with E-state index >= 15 is 0 Å². The van der Waals surface area contributed by atoms with Crippen LogP contribution in [0.2, 0.25) is 0 Å². The Bertz CT molecular complexity index is 1010. The van der Waals surface area contributed by atoms with E-state index < -0.39 is 0 Å². The number of fused-ring (bicyclic) bond motifs is 4. The second-order valence-corrected chi connectivity index (χ2v) is 6.10. The molecule has 0 aliphatic carbocycles. The standard InChI is InChI=1S/C20H13Br/c1-2-13-8-10-19(21)17-9-7-16-11-14-5-3-4-6-15(14)12-18(16)20(13)17/h2-12H,1H2. The highest BCUT2D eigenvalue weighted by molar-refractivity contribution is 9.10. The maximum Gasteiger partial charge on any atom is 0.0254 e. The Morgan fingerprint density at radius 3 is 2.29 bits per heavy atom. The van der Waals surface area contributed by atoms with E-state index in [2.05, 4.69) is 83.2 Å². The van der Waals surface area contributed by atoms with Crippen LogP contribution in [0.4, 0.5) is 0 Å². The van der Waals surface area contributed by atoms with Crippen molar-refractivity contribution in [1.29, 1.82) is 0 Å². The lowest BCUT2D eigenvalue weighted by Gasteiger charge is -2.10. The Morgan fingerprint density at radius 1 is 0.762 bits per heavy atom. The molecular formula is C20H13Br. The topological polar surface area (TPSA) is 0 Å². The van der Waals surface area contributed by atoms with Crippen molar-refractivity contribution in [1.82, 2.24) is 0 Å². The zero-order valence-electron chi connectivity index (χ0n) is 11.4. The smallest absolute Gasteiger partial charge is 0.0254 e. The number of rotatable bonds is 1. The van der Waals surface area contributed by atoms with Gasteiger partial charge in [0, 0.05) is 4.47 Å². The van der Waals surface area contributed by atoms with Crippen LogP contribution < -0.4 is 0 Å². The summed E-state index contributed by atoms with van der Waals surface area (Å²) in [6.45, 7) is 3.96. The number of benzene rings is 4. The zero-order valence-corrected chi connectivity index (χ0v) is 13.0. The number of halogens is 1. The molecule has 4 aromatic carbocycles. The van der Waals surface area contributed by atoms with Gasteiger partial charge in [-0.15, -0.1) is 0 Å². The van der Waals surface area contributed by atoms with E-state index in [0.29, 0.717) is 0 Å². The van der Waals surface area contributed by atoms with Crippen molar-refractivity contribution in [3.63, 3.8) is 0 Å². The van der Waals surface area contributed by atoms with Crippen LogP contribution in [0.15, 0.2) is 71.7 Å². The molecule has 0 saturated carbocycles. The molecule has 0 aliphatic rings. The molecule has 0 saturated heterocycles. The minimum absolute atomic E-state index is 1.12. The van der Waals surface area contributed by atoms with Gasteiger partial charge in [0.2, 0.25) is 0 Å². The van der Waals surface area contributed by atoms with E-state index in [0.717, 1.165) is 4.47 Å². The predicted molar refractivity (Wildman–Crippen MR) is 96.8 cm³/mol. The first-order chi connectivity index (χ1) is 10.3. The Labute approximate surface area is 131 Å². The first kappa shape index (κ1) is 12.6. The normalized spacial score (nSPS) is 11.3. The average Bonchev–Trinajstić information content (AvgIpc) is 2.53. The monoisotopic (exact) mass is 332 g/mol. The molecule has 0 aromatic heterocycles. The number of hydrogen-bond acceptors (Lipinski definition) is 0. The molecule has 4 aromatic rings. The fourth-order valence-corrected chi connectivity index (χ4v) is 3.49. The molecule has 4 rings (SSSR count). The van der Waals surface area contributed by atoms with Gasteiger partial charge in [-0.05, 0) is 56.1 Å². The first-order valence-electron chi connectivity index (χ1n) is 6.94. The van der Waals surface area contributed by atoms with Crippen LogP contribution in [-0.4, -0.2) is 0 Å². The fourth-order valence-electron chi connectivity index (χ4n) is 3.03. The van der Waals surface area contributed by atoms with Gasteiger partial charge in [0.15, 0.2) is 0 Å². The second-order valence-electron chi connectivity index (χ2n) is 5.25. The summed E-state index contributed by atoms with van der Waals surface area (Å²) in [4.78, 5) is 0. The molecule has 0 atom stereocenters. The van der Waals surface area contributed by atoms with Gasteiger partial charge in [-0.3, -0.25) is 0 Å². The van der Waals surface area contributed by atoms with Crippen molar-refractivity contribution in [2.75, 3.05) is 0 Å². The van der Waals surface area contributed by atoms with Crippen molar-refractivity contribution in [2.24, 2.45) is 0 Å². The summed E-state index contributed by atoms with van der Waals surface area (Å²) in [5, 5.41) is 7.59. The van der Waals surface area contributed by atoms with Gasteiger partial charge in [-0.2, -0.15) is 0 Å². The van der Waals surface area contributed by atoms with E-state index in [-0.39, 0.29) is 0 Å². The Kier molecular flexibility index (Phi) is 2.83. The maximum atomic E-state index is 3.96. The van der Waals surface area contributed by atoms with E-state index in [1.54, 1.807) is 0 Å². The second kappa shape index (κ2) is 4.71. The summed E-state index contributed by atoms with van der Waals surface area (Å²) >= 11 is 3.66. The lowest BCUT2D eigenvalue weighted by atomic mass is 9.95. The van der Waals surface area contributed by atoms with Gasteiger partial charge in [0.05, 0.1) is 0 Å². The molecule has 0 nitrogen and oxygen atoms in total. The lowest BCUT2D eigenvalue weighted by Crippen LogP contribution is -1.84. The predicted octanol–water partition coefficient (Wildman–Crippen LogP) is 6.55. The molecule has 0 fully saturated rings. The fraction of sp³-hybridized carbons (Fsp3) is 0. The molecule has 0 bridgehead atoms. The van der Waals surface area contributed by atoms with Crippen molar-refractivity contribution in [3.8, 4) is 0 Å². The van der Waals surface area contributed by atoms with Gasteiger partial charge in [0.25, 0.3) is 0 Å². The maximum absolute atomic E-state index is 3.96. The molecular weight excluding hydrogens is 320 g/mol. The SMILES string of the molecule is C=Cc1ccc(Br)c2ccc3cc4ccccc4cc3c12. The van der Waals surface area contributed by atoms with Gasteiger partial charge in [-0.1, -0.05) is 71.0 Å². The highest BCUT2D eigenvalue weighted by Crippen LogP contribution is 2.35. The van der Waals surface area contributed by atoms with Crippen molar-refractivity contribution < 1.29 is 0 Å². The largest absolute Gasteiger partial charge is 0.0984 e. The molecule has 0 radical (unpaired) electrons.